The van der Waals surface area contributed by atoms with Gasteiger partial charge in [0.05, 0.1) is 0 Å². The van der Waals surface area contributed by atoms with Crippen LogP contribution in [0, 0.1) is 0 Å². The maximum Gasteiger partial charge on any atom is 0.213 e. The van der Waals surface area contributed by atoms with Crippen molar-refractivity contribution in [1.29, 1.82) is 0 Å². The van der Waals surface area contributed by atoms with E-state index in [4.69, 9.17) is 4.74 Å². The van der Waals surface area contributed by atoms with Crippen molar-refractivity contribution in [1.82, 2.24) is 19.5 Å². The van der Waals surface area contributed by atoms with Crippen LogP contribution in [0.3, 0.4) is 0 Å². The quantitative estimate of drug-likeness (QED) is 0.702. The normalized spacial score (nSPS) is 16.0. The number of nitrogens with zero attached hydrogens (tertiary/aromatic N) is 4. The molecule has 0 saturated carbocycles. The minimum atomic E-state index is 0.269. The molecule has 128 valence electrons. The third-order valence-corrected chi connectivity index (χ3v) is 4.98. The van der Waals surface area contributed by atoms with Crippen molar-refractivity contribution in [2.75, 3.05) is 13.1 Å². The molecule has 5 nitrogen and oxygen atoms in total. The Kier molecular flexibility index (Phi) is 4.99. The minimum absolute atomic E-state index is 0.269. The Labute approximate surface area is 151 Å². The van der Waals surface area contributed by atoms with Crippen molar-refractivity contribution in [3.05, 3.63) is 59.6 Å². The van der Waals surface area contributed by atoms with Crippen LogP contribution in [0.4, 0.5) is 0 Å². The maximum absolute atomic E-state index is 5.96. The summed E-state index contributed by atoms with van der Waals surface area (Å²) in [4.78, 5) is 6.73. The maximum atomic E-state index is 5.96. The summed E-state index contributed by atoms with van der Waals surface area (Å²) in [6.07, 6.45) is 4.12. The number of piperidine rings is 1. The Morgan fingerprint density at radius 3 is 2.60 bits per heavy atom. The van der Waals surface area contributed by atoms with Crippen molar-refractivity contribution in [2.24, 2.45) is 0 Å². The highest BCUT2D eigenvalue weighted by Crippen LogP contribution is 2.21. The molecular formula is C19H20N4OS. The monoisotopic (exact) mass is 352 g/mol. The molecule has 25 heavy (non-hydrogen) atoms. The van der Waals surface area contributed by atoms with Crippen LogP contribution in [-0.4, -0.2) is 38.7 Å². The molecule has 1 fully saturated rings. The fourth-order valence-electron chi connectivity index (χ4n) is 3.10. The summed E-state index contributed by atoms with van der Waals surface area (Å²) in [5.74, 6) is 0.730. The summed E-state index contributed by atoms with van der Waals surface area (Å²) in [5, 5.41) is 6.09. The molecule has 0 amide bonds. The Morgan fingerprint density at radius 1 is 1.08 bits per heavy atom. The lowest BCUT2D eigenvalue weighted by molar-refractivity contribution is 0.0932. The standard InChI is InChI=1S/C19H20N4OS/c1-2-10-20-19(3-1)24-17-8-11-23(12-9-17)13-15-4-6-16(7-5-15)18-14-25-22-21-18/h1-7,10,14,17H,8-9,11-13H2. The summed E-state index contributed by atoms with van der Waals surface area (Å²) in [7, 11) is 0. The first-order valence-corrected chi connectivity index (χ1v) is 9.37. The van der Waals surface area contributed by atoms with E-state index in [0.29, 0.717) is 0 Å². The number of ether oxygens (including phenoxy) is 1. The van der Waals surface area contributed by atoms with Crippen LogP contribution in [0.2, 0.25) is 0 Å². The number of likely N-dealkylation sites (tertiary alicyclic amines) is 1. The third kappa shape index (κ3) is 4.21. The number of hydrogen-bond donors (Lipinski definition) is 0. The van der Waals surface area contributed by atoms with Crippen molar-refractivity contribution in [2.45, 2.75) is 25.5 Å². The summed E-state index contributed by atoms with van der Waals surface area (Å²) in [6.45, 7) is 3.08. The number of aromatic nitrogens is 3. The molecule has 0 N–H and O–H groups in total. The zero-order valence-corrected chi connectivity index (χ0v) is 14.7. The van der Waals surface area contributed by atoms with Gasteiger partial charge in [0.25, 0.3) is 0 Å². The van der Waals surface area contributed by atoms with Crippen molar-refractivity contribution in [3.63, 3.8) is 0 Å². The lowest BCUT2D eigenvalue weighted by atomic mass is 10.1. The molecule has 1 aromatic carbocycles. The molecule has 0 aliphatic carbocycles. The van der Waals surface area contributed by atoms with E-state index < -0.39 is 0 Å². The van der Waals surface area contributed by atoms with Crippen LogP contribution < -0.4 is 4.74 Å². The smallest absolute Gasteiger partial charge is 0.213 e. The van der Waals surface area contributed by atoms with Gasteiger partial charge in [-0.1, -0.05) is 34.8 Å². The second-order valence-corrected chi connectivity index (χ2v) is 6.86. The Hall–Kier alpha value is -2.31. The molecule has 0 spiro atoms. The van der Waals surface area contributed by atoms with E-state index in [1.165, 1.54) is 17.1 Å². The fraction of sp³-hybridized carbons (Fsp3) is 0.316. The first kappa shape index (κ1) is 16.2. The SMILES string of the molecule is c1ccc(OC2CCN(Cc3ccc(-c4csnn4)cc3)CC2)nc1. The summed E-state index contributed by atoms with van der Waals surface area (Å²) < 4.78 is 9.88. The van der Waals surface area contributed by atoms with Gasteiger partial charge in [0.1, 0.15) is 11.8 Å². The molecule has 1 aliphatic heterocycles. The van der Waals surface area contributed by atoms with Gasteiger partial charge in [0, 0.05) is 42.8 Å². The average Bonchev–Trinajstić information content (AvgIpc) is 3.20. The molecule has 0 bridgehead atoms. The number of rotatable bonds is 5. The topological polar surface area (TPSA) is 51.1 Å². The first-order valence-electron chi connectivity index (χ1n) is 8.53. The number of pyridine rings is 1. The predicted octanol–water partition coefficient (Wildman–Crippen LogP) is 3.64. The molecule has 0 atom stereocenters. The van der Waals surface area contributed by atoms with E-state index in [9.17, 15) is 0 Å². The van der Waals surface area contributed by atoms with Crippen molar-refractivity contribution < 1.29 is 4.74 Å². The van der Waals surface area contributed by atoms with E-state index in [2.05, 4.69) is 43.7 Å². The Bertz CT molecular complexity index is 769. The fourth-order valence-corrected chi connectivity index (χ4v) is 3.57. The molecule has 3 heterocycles. The van der Waals surface area contributed by atoms with Crippen LogP contribution in [0.25, 0.3) is 11.3 Å². The molecule has 0 radical (unpaired) electrons. The highest BCUT2D eigenvalue weighted by molar-refractivity contribution is 7.03. The molecular weight excluding hydrogens is 332 g/mol. The highest BCUT2D eigenvalue weighted by Gasteiger charge is 2.20. The van der Waals surface area contributed by atoms with E-state index in [0.717, 1.165) is 49.6 Å². The molecule has 1 aliphatic rings. The second kappa shape index (κ2) is 7.72. The van der Waals surface area contributed by atoms with Crippen LogP contribution in [-0.2, 0) is 6.54 Å². The first-order chi connectivity index (χ1) is 12.4. The van der Waals surface area contributed by atoms with Gasteiger partial charge in [0.15, 0.2) is 0 Å². The van der Waals surface area contributed by atoms with E-state index >= 15 is 0 Å². The molecule has 1 saturated heterocycles. The largest absolute Gasteiger partial charge is 0.474 e. The highest BCUT2D eigenvalue weighted by atomic mass is 32.1. The van der Waals surface area contributed by atoms with Gasteiger partial charge in [-0.25, -0.2) is 4.98 Å². The van der Waals surface area contributed by atoms with Gasteiger partial charge in [0.2, 0.25) is 5.88 Å². The molecule has 6 heteroatoms. The molecule has 3 aromatic rings. The van der Waals surface area contributed by atoms with E-state index in [1.807, 2.05) is 23.6 Å². The predicted molar refractivity (Wildman–Crippen MR) is 98.5 cm³/mol. The van der Waals surface area contributed by atoms with Gasteiger partial charge in [-0.15, -0.1) is 5.10 Å². The summed E-state index contributed by atoms with van der Waals surface area (Å²) in [5.41, 5.74) is 3.40. The molecule has 2 aromatic heterocycles. The Morgan fingerprint density at radius 2 is 1.92 bits per heavy atom. The number of benzene rings is 1. The summed E-state index contributed by atoms with van der Waals surface area (Å²) in [6, 6.07) is 14.4. The minimum Gasteiger partial charge on any atom is -0.474 e. The molecule has 4 rings (SSSR count). The number of hydrogen-bond acceptors (Lipinski definition) is 6. The summed E-state index contributed by atoms with van der Waals surface area (Å²) >= 11 is 1.38. The van der Waals surface area contributed by atoms with E-state index in [1.54, 1.807) is 6.20 Å². The van der Waals surface area contributed by atoms with Crippen molar-refractivity contribution >= 4 is 11.5 Å². The van der Waals surface area contributed by atoms with Gasteiger partial charge < -0.3 is 4.74 Å². The van der Waals surface area contributed by atoms with Gasteiger partial charge in [-0.05, 0) is 36.0 Å². The van der Waals surface area contributed by atoms with Gasteiger partial charge >= 0.3 is 0 Å². The van der Waals surface area contributed by atoms with Gasteiger partial charge in [-0.3, -0.25) is 4.90 Å². The van der Waals surface area contributed by atoms with E-state index in [-0.39, 0.29) is 6.10 Å². The van der Waals surface area contributed by atoms with Crippen LogP contribution >= 0.6 is 11.5 Å². The van der Waals surface area contributed by atoms with Crippen molar-refractivity contribution in [3.8, 4) is 17.1 Å². The second-order valence-electron chi connectivity index (χ2n) is 6.25. The molecule has 0 unspecified atom stereocenters. The third-order valence-electron chi connectivity index (χ3n) is 4.48. The lowest BCUT2D eigenvalue weighted by Gasteiger charge is -2.31. The zero-order chi connectivity index (χ0) is 16.9. The van der Waals surface area contributed by atoms with Crippen LogP contribution in [0.1, 0.15) is 18.4 Å². The van der Waals surface area contributed by atoms with Gasteiger partial charge in [-0.2, -0.15) is 0 Å². The van der Waals surface area contributed by atoms with Crippen LogP contribution in [0.5, 0.6) is 5.88 Å². The lowest BCUT2D eigenvalue weighted by Crippen LogP contribution is -2.37. The average molecular weight is 352 g/mol. The Balaban J connectivity index is 1.28. The zero-order valence-electron chi connectivity index (χ0n) is 13.9. The van der Waals surface area contributed by atoms with Crippen LogP contribution in [0.15, 0.2) is 54.0 Å².